The van der Waals surface area contributed by atoms with E-state index in [9.17, 15) is 4.79 Å². The molecule has 2 atom stereocenters. The van der Waals surface area contributed by atoms with Crippen LogP contribution in [0.4, 0.5) is 0 Å². The third kappa shape index (κ3) is 1.75. The molecule has 16 heavy (non-hydrogen) atoms. The van der Waals surface area contributed by atoms with E-state index in [0.717, 1.165) is 25.8 Å². The molecule has 2 fully saturated rings. The molecule has 0 N–H and O–H groups in total. The minimum absolute atomic E-state index is 0.432. The number of hydrogen-bond donors (Lipinski definition) is 0. The summed E-state index contributed by atoms with van der Waals surface area (Å²) in [4.78, 5) is 17.9. The van der Waals surface area contributed by atoms with Gasteiger partial charge in [0.25, 0.3) is 0 Å². The van der Waals surface area contributed by atoms with E-state index in [1.807, 2.05) is 0 Å². The predicted molar refractivity (Wildman–Crippen MR) is 55.8 cm³/mol. The fourth-order valence-corrected chi connectivity index (χ4v) is 2.96. The third-order valence-electron chi connectivity index (χ3n) is 3.69. The molecule has 5 nitrogen and oxygen atoms in total. The first-order valence-corrected chi connectivity index (χ1v) is 5.86. The number of hydrogen-bond acceptors (Lipinski definition) is 5. The van der Waals surface area contributed by atoms with Gasteiger partial charge in [-0.2, -0.15) is 4.98 Å². The number of carbonyl (C=O) groups excluding carboxylic acids is 1. The number of Topliss-reactive ketones (excluding diaryl/α,β-unsaturated/α-hetero) is 1. The SMILES string of the molecule is O=C1CC2CCC(C1)N2CCc1ncno1. The quantitative estimate of drug-likeness (QED) is 0.755. The summed E-state index contributed by atoms with van der Waals surface area (Å²) in [6, 6.07) is 0.934. The Labute approximate surface area is 93.8 Å². The standard InChI is InChI=1S/C11H15N3O2/c15-10-5-8-1-2-9(6-10)14(8)4-3-11-12-7-13-16-11/h7-9H,1-6H2. The lowest BCUT2D eigenvalue weighted by atomic mass is 10.0. The summed E-state index contributed by atoms with van der Waals surface area (Å²) in [6.07, 6.45) is 6.03. The van der Waals surface area contributed by atoms with Gasteiger partial charge in [-0.1, -0.05) is 5.16 Å². The number of carbonyl (C=O) groups is 1. The Bertz CT molecular complexity index is 361. The van der Waals surface area contributed by atoms with Crippen molar-refractivity contribution in [2.24, 2.45) is 0 Å². The van der Waals surface area contributed by atoms with E-state index in [1.165, 1.54) is 19.2 Å². The third-order valence-corrected chi connectivity index (χ3v) is 3.69. The molecule has 2 aliphatic rings. The number of aromatic nitrogens is 2. The van der Waals surface area contributed by atoms with Crippen LogP contribution in [0.25, 0.3) is 0 Å². The summed E-state index contributed by atoms with van der Waals surface area (Å²) < 4.78 is 4.98. The molecule has 0 saturated carbocycles. The molecule has 2 unspecified atom stereocenters. The van der Waals surface area contributed by atoms with Gasteiger partial charge < -0.3 is 4.52 Å². The fourth-order valence-electron chi connectivity index (χ4n) is 2.96. The van der Waals surface area contributed by atoms with Gasteiger partial charge in [0, 0.05) is 37.9 Å². The molecular weight excluding hydrogens is 206 g/mol. The molecule has 1 aromatic heterocycles. The lowest BCUT2D eigenvalue weighted by molar-refractivity contribution is -0.123. The fraction of sp³-hybridized carbons (Fsp3) is 0.727. The number of fused-ring (bicyclic) bond motifs is 2. The van der Waals surface area contributed by atoms with Crippen LogP contribution in [0.1, 0.15) is 31.6 Å². The lowest BCUT2D eigenvalue weighted by Crippen LogP contribution is -2.44. The van der Waals surface area contributed by atoms with Crippen molar-refractivity contribution in [1.29, 1.82) is 0 Å². The van der Waals surface area contributed by atoms with Crippen molar-refractivity contribution in [3.63, 3.8) is 0 Å². The van der Waals surface area contributed by atoms with E-state index in [1.54, 1.807) is 0 Å². The average Bonchev–Trinajstić information content (AvgIpc) is 2.83. The van der Waals surface area contributed by atoms with Crippen LogP contribution in [0.3, 0.4) is 0 Å². The van der Waals surface area contributed by atoms with Crippen molar-refractivity contribution in [1.82, 2.24) is 15.0 Å². The minimum Gasteiger partial charge on any atom is -0.340 e. The molecule has 2 aliphatic heterocycles. The predicted octanol–water partition coefficient (Wildman–Crippen LogP) is 0.808. The first-order chi connectivity index (χ1) is 7.83. The molecule has 1 aromatic rings. The molecule has 3 rings (SSSR count). The van der Waals surface area contributed by atoms with Crippen LogP contribution in [0.5, 0.6) is 0 Å². The van der Waals surface area contributed by atoms with Gasteiger partial charge in [0.1, 0.15) is 5.78 Å². The normalized spacial score (nSPS) is 29.9. The zero-order chi connectivity index (χ0) is 11.0. The topological polar surface area (TPSA) is 59.2 Å². The van der Waals surface area contributed by atoms with Gasteiger partial charge in [0.2, 0.25) is 5.89 Å². The molecule has 0 amide bonds. The summed E-state index contributed by atoms with van der Waals surface area (Å²) >= 11 is 0. The van der Waals surface area contributed by atoms with Gasteiger partial charge in [-0.15, -0.1) is 0 Å². The Balaban J connectivity index is 1.61. The van der Waals surface area contributed by atoms with E-state index >= 15 is 0 Å². The molecular formula is C11H15N3O2. The molecule has 86 valence electrons. The molecule has 3 heterocycles. The van der Waals surface area contributed by atoms with Gasteiger partial charge in [-0.25, -0.2) is 0 Å². The number of ketones is 1. The molecule has 0 radical (unpaired) electrons. The van der Waals surface area contributed by atoms with Crippen LogP contribution in [-0.4, -0.2) is 39.5 Å². The Morgan fingerprint density at radius 3 is 2.75 bits per heavy atom. The molecule has 0 aromatic carbocycles. The van der Waals surface area contributed by atoms with Gasteiger partial charge in [-0.3, -0.25) is 9.69 Å². The first kappa shape index (κ1) is 9.96. The van der Waals surface area contributed by atoms with E-state index in [0.29, 0.717) is 23.8 Å². The number of rotatable bonds is 3. The van der Waals surface area contributed by atoms with E-state index in [2.05, 4.69) is 15.0 Å². The lowest BCUT2D eigenvalue weighted by Gasteiger charge is -2.33. The van der Waals surface area contributed by atoms with Crippen LogP contribution in [0, 0.1) is 0 Å². The van der Waals surface area contributed by atoms with Gasteiger partial charge >= 0.3 is 0 Å². The van der Waals surface area contributed by atoms with Crippen molar-refractivity contribution >= 4 is 5.78 Å². The zero-order valence-corrected chi connectivity index (χ0v) is 9.13. The maximum absolute atomic E-state index is 11.4. The minimum atomic E-state index is 0.432. The summed E-state index contributed by atoms with van der Waals surface area (Å²) in [5.41, 5.74) is 0. The average molecular weight is 221 g/mol. The van der Waals surface area contributed by atoms with E-state index in [-0.39, 0.29) is 0 Å². The zero-order valence-electron chi connectivity index (χ0n) is 9.13. The van der Waals surface area contributed by atoms with Crippen molar-refractivity contribution in [2.75, 3.05) is 6.54 Å². The maximum atomic E-state index is 11.4. The van der Waals surface area contributed by atoms with Crippen LogP contribution in [0.15, 0.2) is 10.9 Å². The van der Waals surface area contributed by atoms with Crippen molar-refractivity contribution in [3.05, 3.63) is 12.2 Å². The second-order valence-corrected chi connectivity index (χ2v) is 4.65. The highest BCUT2D eigenvalue weighted by molar-refractivity contribution is 5.80. The second-order valence-electron chi connectivity index (χ2n) is 4.65. The second kappa shape index (κ2) is 3.97. The Morgan fingerprint density at radius 2 is 2.12 bits per heavy atom. The Kier molecular flexibility index (Phi) is 2.47. The van der Waals surface area contributed by atoms with Gasteiger partial charge in [-0.05, 0) is 12.8 Å². The maximum Gasteiger partial charge on any atom is 0.227 e. The van der Waals surface area contributed by atoms with Crippen molar-refractivity contribution in [3.8, 4) is 0 Å². The summed E-state index contributed by atoms with van der Waals surface area (Å²) in [5.74, 6) is 1.12. The van der Waals surface area contributed by atoms with Crippen molar-refractivity contribution < 1.29 is 9.32 Å². The van der Waals surface area contributed by atoms with E-state index in [4.69, 9.17) is 4.52 Å². The highest BCUT2D eigenvalue weighted by Gasteiger charge is 2.39. The smallest absolute Gasteiger partial charge is 0.227 e. The van der Waals surface area contributed by atoms with Gasteiger partial charge in [0.05, 0.1) is 0 Å². The monoisotopic (exact) mass is 221 g/mol. The molecule has 0 aliphatic carbocycles. The van der Waals surface area contributed by atoms with Crippen LogP contribution in [0.2, 0.25) is 0 Å². The van der Waals surface area contributed by atoms with Crippen LogP contribution < -0.4 is 0 Å². The number of nitrogens with zero attached hydrogens (tertiary/aromatic N) is 3. The van der Waals surface area contributed by atoms with Crippen molar-refractivity contribution in [2.45, 2.75) is 44.2 Å². The van der Waals surface area contributed by atoms with Gasteiger partial charge in [0.15, 0.2) is 6.33 Å². The number of piperidine rings is 1. The van der Waals surface area contributed by atoms with Crippen LogP contribution >= 0.6 is 0 Å². The molecule has 2 saturated heterocycles. The summed E-state index contributed by atoms with van der Waals surface area (Å²) in [6.45, 7) is 0.935. The summed E-state index contributed by atoms with van der Waals surface area (Å²) in [7, 11) is 0. The molecule has 0 spiro atoms. The first-order valence-electron chi connectivity index (χ1n) is 5.86. The van der Waals surface area contributed by atoms with Crippen LogP contribution in [-0.2, 0) is 11.2 Å². The summed E-state index contributed by atoms with van der Waals surface area (Å²) in [5, 5.41) is 3.59. The molecule has 5 heteroatoms. The Hall–Kier alpha value is -1.23. The van der Waals surface area contributed by atoms with E-state index < -0.39 is 0 Å². The largest absolute Gasteiger partial charge is 0.340 e. The highest BCUT2D eigenvalue weighted by Crippen LogP contribution is 2.33. The molecule has 2 bridgehead atoms. The highest BCUT2D eigenvalue weighted by atomic mass is 16.5. The Morgan fingerprint density at radius 1 is 1.38 bits per heavy atom.